The molecule has 0 aliphatic rings. The van der Waals surface area contributed by atoms with E-state index in [-0.39, 0.29) is 32.0 Å². The van der Waals surface area contributed by atoms with Crippen molar-refractivity contribution in [3.63, 3.8) is 0 Å². The van der Waals surface area contributed by atoms with Crippen LogP contribution in [-0.2, 0) is 20.9 Å². The van der Waals surface area contributed by atoms with Gasteiger partial charge in [-0.15, -0.1) is 0 Å². The number of hydrogen-bond acceptors (Lipinski definition) is 5. The third-order valence-electron chi connectivity index (χ3n) is 0.963. The molecule has 0 aromatic heterocycles. The monoisotopic (exact) mass is 223 g/mol. The molecule has 0 aliphatic heterocycles. The second-order valence-electron chi connectivity index (χ2n) is 1.88. The van der Waals surface area contributed by atoms with Crippen molar-refractivity contribution in [2.45, 2.75) is 0 Å². The van der Waals surface area contributed by atoms with Crippen LogP contribution >= 0.6 is 0 Å². The minimum absolute atomic E-state index is 0. The molecular weight excluding hydrogens is 211 g/mol. The average Bonchev–Trinajstić information content (AvgIpc) is 1.84. The Morgan fingerprint density at radius 3 is 2.08 bits per heavy atom. The Kier molecular flexibility index (Phi) is 13.6. The predicted octanol–water partition coefficient (Wildman–Crippen LogP) is -4.27. The summed E-state index contributed by atoms with van der Waals surface area (Å²) in [6.07, 6.45) is 0. The molecule has 13 heavy (non-hydrogen) atoms. The van der Waals surface area contributed by atoms with Crippen molar-refractivity contribution in [2.75, 3.05) is 23.9 Å². The molecule has 0 saturated heterocycles. The van der Waals surface area contributed by atoms with Crippen LogP contribution in [0.3, 0.4) is 0 Å². The topological polar surface area (TPSA) is 94.5 Å². The third kappa shape index (κ3) is 12.6. The molecule has 5 nitrogen and oxygen atoms in total. The average molecular weight is 223 g/mol. The molecule has 0 rings (SSSR count). The van der Waals surface area contributed by atoms with Crippen LogP contribution < -0.4 is 18.9 Å². The molecule has 8 heteroatoms. The second kappa shape index (κ2) is 9.18. The van der Waals surface area contributed by atoms with Crippen LogP contribution in [0.4, 0.5) is 0 Å². The zero-order chi connectivity index (χ0) is 8.91. The van der Waals surface area contributed by atoms with Gasteiger partial charge in [0.15, 0.2) is 9.84 Å². The van der Waals surface area contributed by atoms with Gasteiger partial charge in [0.05, 0.1) is 18.1 Å². The first-order chi connectivity index (χ1) is 4.98. The minimum Gasteiger partial charge on any atom is -0.772 e. The van der Waals surface area contributed by atoms with Gasteiger partial charge in [0.2, 0.25) is 0 Å². The van der Waals surface area contributed by atoms with Gasteiger partial charge in [0.1, 0.15) is 0 Å². The molecule has 0 fully saturated rings. The molecule has 0 aromatic carbocycles. The molecule has 0 radical (unpaired) electrons. The first-order valence-corrected chi connectivity index (χ1v) is 5.91. The minimum atomic E-state index is -3.37. The van der Waals surface area contributed by atoms with Crippen LogP contribution in [0.15, 0.2) is 0 Å². The SMILES string of the molecule is O=S([O-])CCS(=O)(=O)CCO.[CH3-].[Li+]. The number of aliphatic hydroxyl groups is 1. The number of sulfone groups is 1. The van der Waals surface area contributed by atoms with Crippen molar-refractivity contribution in [2.24, 2.45) is 0 Å². The van der Waals surface area contributed by atoms with E-state index in [0.717, 1.165) is 0 Å². The largest absolute Gasteiger partial charge is 1.00 e. The van der Waals surface area contributed by atoms with Crippen molar-refractivity contribution < 1.29 is 41.1 Å². The summed E-state index contributed by atoms with van der Waals surface area (Å²) in [5.74, 6) is -1.18. The quantitative estimate of drug-likeness (QED) is 0.289. The summed E-state index contributed by atoms with van der Waals surface area (Å²) in [7, 11) is -3.37. The normalized spacial score (nSPS) is 12.5. The van der Waals surface area contributed by atoms with E-state index in [4.69, 9.17) is 5.11 Å². The molecule has 0 saturated carbocycles. The fourth-order valence-electron chi connectivity index (χ4n) is 0.436. The zero-order valence-electron chi connectivity index (χ0n) is 7.73. The fourth-order valence-corrected chi connectivity index (χ4v) is 2.48. The van der Waals surface area contributed by atoms with Crippen molar-refractivity contribution in [1.82, 2.24) is 0 Å². The predicted molar refractivity (Wildman–Crippen MR) is 45.9 cm³/mol. The summed E-state index contributed by atoms with van der Waals surface area (Å²) in [6.45, 7) is -0.464. The third-order valence-corrected chi connectivity index (χ3v) is 3.39. The molecule has 76 valence electrons. The molecule has 0 aliphatic carbocycles. The Balaban J connectivity index is -0.000000500. The van der Waals surface area contributed by atoms with Crippen molar-refractivity contribution in [1.29, 1.82) is 0 Å². The smallest absolute Gasteiger partial charge is 0.772 e. The van der Waals surface area contributed by atoms with Crippen LogP contribution in [-0.4, -0.2) is 46.2 Å². The van der Waals surface area contributed by atoms with E-state index in [0.29, 0.717) is 0 Å². The van der Waals surface area contributed by atoms with Gasteiger partial charge >= 0.3 is 18.9 Å². The Morgan fingerprint density at radius 1 is 1.31 bits per heavy atom. The Bertz CT molecular complexity index is 225. The van der Waals surface area contributed by atoms with E-state index in [2.05, 4.69) is 0 Å². The van der Waals surface area contributed by atoms with E-state index < -0.39 is 39.0 Å². The van der Waals surface area contributed by atoms with Crippen molar-refractivity contribution in [3.8, 4) is 0 Å². The summed E-state index contributed by atoms with van der Waals surface area (Å²) in [4.78, 5) is 0. The fraction of sp³-hybridized carbons (Fsp3) is 0.800. The molecule has 1 unspecified atom stereocenters. The molecule has 1 atom stereocenters. The van der Waals surface area contributed by atoms with Gasteiger partial charge in [-0.05, 0) is 0 Å². The Morgan fingerprint density at radius 2 is 1.77 bits per heavy atom. The second-order valence-corrected chi connectivity index (χ2v) is 5.20. The summed E-state index contributed by atoms with van der Waals surface area (Å²) in [5, 5.41) is 8.23. The molecular formula is C5H12LiO5S2-. The summed E-state index contributed by atoms with van der Waals surface area (Å²) < 4.78 is 41.2. The van der Waals surface area contributed by atoms with E-state index >= 15 is 0 Å². The number of rotatable bonds is 5. The summed E-state index contributed by atoms with van der Waals surface area (Å²) in [5.41, 5.74) is 0. The Labute approximate surface area is 93.3 Å². The molecule has 0 heterocycles. The van der Waals surface area contributed by atoms with Gasteiger partial charge < -0.3 is 17.1 Å². The first kappa shape index (κ1) is 19.2. The maximum Gasteiger partial charge on any atom is 1.00 e. The van der Waals surface area contributed by atoms with Crippen LogP contribution in [0.1, 0.15) is 0 Å². The maximum absolute atomic E-state index is 10.7. The van der Waals surface area contributed by atoms with Gasteiger partial charge in [0.25, 0.3) is 0 Å². The van der Waals surface area contributed by atoms with Crippen LogP contribution in [0.25, 0.3) is 0 Å². The molecule has 0 amide bonds. The van der Waals surface area contributed by atoms with Crippen LogP contribution in [0.5, 0.6) is 0 Å². The van der Waals surface area contributed by atoms with Gasteiger partial charge in [-0.2, -0.15) is 0 Å². The molecule has 1 N–H and O–H groups in total. The van der Waals surface area contributed by atoms with Gasteiger partial charge in [-0.3, -0.25) is 4.21 Å². The van der Waals surface area contributed by atoms with E-state index in [1.165, 1.54) is 0 Å². The number of hydrogen-bond donors (Lipinski definition) is 1. The van der Waals surface area contributed by atoms with Crippen LogP contribution in [0.2, 0.25) is 0 Å². The molecule has 0 spiro atoms. The standard InChI is InChI=1S/C4H10O5S2.CH3.Li/c5-1-3-11(8,9)4-2-10(6)7;;/h5H,1-4H2,(H,6,7);1H3;/q;-1;+1/p-1. The first-order valence-electron chi connectivity index (χ1n) is 2.85. The summed E-state index contributed by atoms with van der Waals surface area (Å²) in [6, 6.07) is 0. The number of aliphatic hydroxyl groups excluding tert-OH is 1. The molecule has 0 aromatic rings. The van der Waals surface area contributed by atoms with Crippen molar-refractivity contribution >= 4 is 20.9 Å². The van der Waals surface area contributed by atoms with Crippen LogP contribution in [0, 0.1) is 7.43 Å². The zero-order valence-corrected chi connectivity index (χ0v) is 9.36. The van der Waals surface area contributed by atoms with E-state index in [1.807, 2.05) is 0 Å². The van der Waals surface area contributed by atoms with Crippen molar-refractivity contribution in [3.05, 3.63) is 7.43 Å². The van der Waals surface area contributed by atoms with Gasteiger partial charge in [-0.25, -0.2) is 8.42 Å². The Hall–Kier alpha value is 0.617. The molecule has 0 bridgehead atoms. The summed E-state index contributed by atoms with van der Waals surface area (Å²) >= 11 is -2.33. The maximum atomic E-state index is 10.7. The van der Waals surface area contributed by atoms with Gasteiger partial charge in [-0.1, -0.05) is 11.1 Å². The van der Waals surface area contributed by atoms with Gasteiger partial charge in [0, 0.05) is 5.75 Å². The van der Waals surface area contributed by atoms with E-state index in [9.17, 15) is 17.2 Å². The van der Waals surface area contributed by atoms with E-state index in [1.54, 1.807) is 0 Å².